The first kappa shape index (κ1) is 22.9. The standard InChI is InChI=1S/C22H29F2N5O3S/c1-14-4-6-28(7-5-14)33(30,31)29-11-15-10-27(12-21(15)26-29)17-9-20(25)22(32-13-17)18-8-16(23)2-3-19(18)24/h2-3,8,11,14,17,20,22H,4-7,9-10,12-13,25H2,1H3/t17-,20+,22-/m1/s1. The third kappa shape index (κ3) is 4.32. The van der Waals surface area contributed by atoms with Crippen LogP contribution in [0.15, 0.2) is 24.4 Å². The fraction of sp³-hybridized carbons (Fsp3) is 0.591. The molecular weight excluding hydrogens is 452 g/mol. The summed E-state index contributed by atoms with van der Waals surface area (Å²) < 4.78 is 62.2. The number of halogens is 2. The molecule has 1 aromatic carbocycles. The van der Waals surface area contributed by atoms with Crippen LogP contribution >= 0.6 is 0 Å². The van der Waals surface area contributed by atoms with Crippen molar-refractivity contribution in [3.63, 3.8) is 0 Å². The first-order chi connectivity index (χ1) is 15.7. The van der Waals surface area contributed by atoms with Crippen molar-refractivity contribution in [3.05, 3.63) is 52.9 Å². The van der Waals surface area contributed by atoms with Crippen molar-refractivity contribution in [3.8, 4) is 0 Å². The molecule has 4 heterocycles. The van der Waals surface area contributed by atoms with Gasteiger partial charge in [0.25, 0.3) is 0 Å². The van der Waals surface area contributed by atoms with E-state index in [2.05, 4.69) is 16.9 Å². The van der Waals surface area contributed by atoms with Crippen molar-refractivity contribution < 1.29 is 21.9 Å². The maximum absolute atomic E-state index is 14.2. The Morgan fingerprint density at radius 1 is 1.18 bits per heavy atom. The normalized spacial score (nSPS) is 27.7. The van der Waals surface area contributed by atoms with Gasteiger partial charge in [-0.25, -0.2) is 8.78 Å². The predicted molar refractivity (Wildman–Crippen MR) is 117 cm³/mol. The fourth-order valence-electron chi connectivity index (χ4n) is 5.01. The minimum absolute atomic E-state index is 0.0179. The zero-order chi connectivity index (χ0) is 23.3. The molecule has 3 aliphatic rings. The van der Waals surface area contributed by atoms with Gasteiger partial charge in [0.15, 0.2) is 0 Å². The van der Waals surface area contributed by atoms with E-state index in [0.717, 1.165) is 46.4 Å². The van der Waals surface area contributed by atoms with E-state index in [9.17, 15) is 17.2 Å². The van der Waals surface area contributed by atoms with Crippen LogP contribution in [0.5, 0.6) is 0 Å². The summed E-state index contributed by atoms with van der Waals surface area (Å²) in [6, 6.07) is 2.79. The first-order valence-corrected chi connectivity index (χ1v) is 12.8. The summed E-state index contributed by atoms with van der Waals surface area (Å²) in [6.45, 7) is 4.53. The van der Waals surface area contributed by atoms with Gasteiger partial charge in [0.05, 0.1) is 12.3 Å². The van der Waals surface area contributed by atoms with Gasteiger partial charge in [0, 0.05) is 55.6 Å². The lowest BCUT2D eigenvalue weighted by atomic mass is 9.93. The Hall–Kier alpha value is -1.92. The van der Waals surface area contributed by atoms with Crippen molar-refractivity contribution in [1.29, 1.82) is 0 Å². The molecule has 2 aromatic rings. The van der Waals surface area contributed by atoms with Crippen LogP contribution in [0.25, 0.3) is 0 Å². The highest BCUT2D eigenvalue weighted by atomic mass is 32.2. The van der Waals surface area contributed by atoms with Crippen LogP contribution in [-0.2, 0) is 28.0 Å². The van der Waals surface area contributed by atoms with Gasteiger partial charge in [0.1, 0.15) is 17.7 Å². The number of nitrogens with two attached hydrogens (primary N) is 1. The molecule has 8 nitrogen and oxygen atoms in total. The molecule has 0 unspecified atom stereocenters. The summed E-state index contributed by atoms with van der Waals surface area (Å²) in [4.78, 5) is 2.15. The van der Waals surface area contributed by atoms with Gasteiger partial charge in [-0.2, -0.15) is 21.9 Å². The van der Waals surface area contributed by atoms with E-state index in [1.165, 1.54) is 4.31 Å². The van der Waals surface area contributed by atoms with E-state index < -0.39 is 34.0 Å². The second kappa shape index (κ2) is 8.70. The highest BCUT2D eigenvalue weighted by molar-refractivity contribution is 7.87. The lowest BCUT2D eigenvalue weighted by Gasteiger charge is -2.38. The lowest BCUT2D eigenvalue weighted by Crippen LogP contribution is -2.48. The molecule has 2 fully saturated rings. The minimum Gasteiger partial charge on any atom is -0.370 e. The number of hydrogen-bond acceptors (Lipinski definition) is 6. The van der Waals surface area contributed by atoms with Gasteiger partial charge in [-0.3, -0.25) is 4.90 Å². The monoisotopic (exact) mass is 481 g/mol. The number of ether oxygens (including phenoxy) is 1. The van der Waals surface area contributed by atoms with E-state index in [1.54, 1.807) is 6.20 Å². The van der Waals surface area contributed by atoms with Gasteiger partial charge in [0.2, 0.25) is 0 Å². The van der Waals surface area contributed by atoms with Crippen LogP contribution in [0.3, 0.4) is 0 Å². The summed E-state index contributed by atoms with van der Waals surface area (Å²) in [5.41, 5.74) is 8.04. The van der Waals surface area contributed by atoms with Crippen LogP contribution in [0.4, 0.5) is 8.78 Å². The van der Waals surface area contributed by atoms with E-state index >= 15 is 0 Å². The van der Waals surface area contributed by atoms with Crippen LogP contribution < -0.4 is 5.73 Å². The lowest BCUT2D eigenvalue weighted by molar-refractivity contribution is -0.0533. The Balaban J connectivity index is 1.23. The highest BCUT2D eigenvalue weighted by Gasteiger charge is 2.38. The molecule has 11 heteroatoms. The summed E-state index contributed by atoms with van der Waals surface area (Å²) >= 11 is 0. The van der Waals surface area contributed by atoms with Gasteiger partial charge < -0.3 is 10.5 Å². The molecule has 1 aromatic heterocycles. The molecule has 2 N–H and O–H groups in total. The van der Waals surface area contributed by atoms with Crippen LogP contribution in [-0.4, -0.2) is 58.6 Å². The SMILES string of the molecule is CC1CCN(S(=O)(=O)n2cc3c(n2)CN([C@H]2CO[C@H](c4cc(F)ccc4F)[C@@H](N)C2)C3)CC1. The smallest absolute Gasteiger partial charge is 0.322 e. The van der Waals surface area contributed by atoms with E-state index in [-0.39, 0.29) is 11.6 Å². The molecule has 0 aliphatic carbocycles. The molecule has 0 bridgehead atoms. The Kier molecular flexibility index (Phi) is 6.02. The van der Waals surface area contributed by atoms with Gasteiger partial charge in [-0.15, -0.1) is 0 Å². The van der Waals surface area contributed by atoms with E-state index in [1.807, 2.05) is 0 Å². The van der Waals surface area contributed by atoms with Crippen LogP contribution in [0.2, 0.25) is 0 Å². The molecule has 3 aliphatic heterocycles. The topological polar surface area (TPSA) is 93.7 Å². The third-order valence-electron chi connectivity index (χ3n) is 7.07. The molecular formula is C22H29F2N5O3S. The van der Waals surface area contributed by atoms with Crippen molar-refractivity contribution in [2.24, 2.45) is 11.7 Å². The molecule has 0 spiro atoms. The summed E-state index contributed by atoms with van der Waals surface area (Å²) in [7, 11) is -3.65. The molecule has 3 atom stereocenters. The number of benzene rings is 1. The van der Waals surface area contributed by atoms with Gasteiger partial charge >= 0.3 is 10.2 Å². The maximum atomic E-state index is 14.2. The number of piperidine rings is 1. The zero-order valence-corrected chi connectivity index (χ0v) is 19.3. The molecule has 0 saturated carbocycles. The summed E-state index contributed by atoms with van der Waals surface area (Å²) in [6.07, 6.45) is 3.17. The molecule has 0 radical (unpaired) electrons. The van der Waals surface area contributed by atoms with Gasteiger partial charge in [-0.1, -0.05) is 6.92 Å². The zero-order valence-electron chi connectivity index (χ0n) is 18.5. The van der Waals surface area contributed by atoms with Crippen molar-refractivity contribution >= 4 is 10.2 Å². The number of nitrogens with zero attached hydrogens (tertiary/aromatic N) is 4. The van der Waals surface area contributed by atoms with Crippen molar-refractivity contribution in [2.75, 3.05) is 19.7 Å². The average Bonchev–Trinajstić information content (AvgIpc) is 3.36. The van der Waals surface area contributed by atoms with Crippen LogP contribution in [0.1, 0.15) is 49.1 Å². The Morgan fingerprint density at radius 3 is 2.64 bits per heavy atom. The van der Waals surface area contributed by atoms with Crippen LogP contribution in [0, 0.1) is 17.6 Å². The average molecular weight is 482 g/mol. The molecule has 2 saturated heterocycles. The highest BCUT2D eigenvalue weighted by Crippen LogP contribution is 2.34. The fourth-order valence-corrected chi connectivity index (χ4v) is 6.39. The Labute approximate surface area is 192 Å². The van der Waals surface area contributed by atoms with Crippen molar-refractivity contribution in [2.45, 2.75) is 57.5 Å². The Bertz CT molecular complexity index is 1110. The summed E-state index contributed by atoms with van der Waals surface area (Å²) in [5.74, 6) is -0.524. The number of rotatable bonds is 4. The number of fused-ring (bicyclic) bond motifs is 1. The second-order valence-electron chi connectivity index (χ2n) is 9.44. The number of hydrogen-bond donors (Lipinski definition) is 1. The van der Waals surface area contributed by atoms with Gasteiger partial charge in [-0.05, 0) is 43.4 Å². The molecule has 5 rings (SSSR count). The van der Waals surface area contributed by atoms with E-state index in [4.69, 9.17) is 10.5 Å². The van der Waals surface area contributed by atoms with Crippen molar-refractivity contribution in [1.82, 2.24) is 18.4 Å². The summed E-state index contributed by atoms with van der Waals surface area (Å²) in [5, 5.41) is 4.39. The maximum Gasteiger partial charge on any atom is 0.322 e. The first-order valence-electron chi connectivity index (χ1n) is 11.4. The predicted octanol–water partition coefficient (Wildman–Crippen LogP) is 2.16. The molecule has 180 valence electrons. The molecule has 0 amide bonds. The number of aromatic nitrogens is 2. The minimum atomic E-state index is -3.65. The second-order valence-corrected chi connectivity index (χ2v) is 11.2. The van der Waals surface area contributed by atoms with E-state index in [0.29, 0.717) is 45.1 Å². The third-order valence-corrected chi connectivity index (χ3v) is 8.75. The Morgan fingerprint density at radius 2 is 1.94 bits per heavy atom. The quantitative estimate of drug-likeness (QED) is 0.720. The molecule has 33 heavy (non-hydrogen) atoms. The largest absolute Gasteiger partial charge is 0.370 e.